The number of amides is 2. The van der Waals surface area contributed by atoms with Crippen molar-refractivity contribution in [2.45, 2.75) is 78.4 Å². The van der Waals surface area contributed by atoms with Gasteiger partial charge in [-0.05, 0) is 70.1 Å². The maximum atomic E-state index is 13.5. The molecule has 1 saturated heterocycles. The van der Waals surface area contributed by atoms with Gasteiger partial charge in [-0.2, -0.15) is 0 Å². The highest BCUT2D eigenvalue weighted by Gasteiger charge is 2.36. The van der Waals surface area contributed by atoms with Crippen molar-refractivity contribution in [1.82, 2.24) is 15.2 Å². The van der Waals surface area contributed by atoms with Gasteiger partial charge in [0.05, 0.1) is 12.6 Å². The van der Waals surface area contributed by atoms with Crippen LogP contribution in [0.2, 0.25) is 0 Å². The first-order chi connectivity index (χ1) is 17.2. The maximum Gasteiger partial charge on any atom is 0.528 e. The number of aryl methyl sites for hydroxylation is 1. The van der Waals surface area contributed by atoms with Crippen molar-refractivity contribution in [3.63, 3.8) is 0 Å². The van der Waals surface area contributed by atoms with E-state index in [1.165, 1.54) is 12.1 Å². The Morgan fingerprint density at radius 2 is 1.78 bits per heavy atom. The van der Waals surface area contributed by atoms with Crippen LogP contribution in [0.15, 0.2) is 24.3 Å². The fourth-order valence-corrected chi connectivity index (χ4v) is 4.33. The Bertz CT molecular complexity index is 902. The number of hydroxylamine groups is 4. The number of piperazine rings is 1. The highest BCUT2D eigenvalue weighted by atomic mass is 19.1. The molecule has 0 radical (unpaired) electrons. The quantitative estimate of drug-likeness (QED) is 0.265. The van der Waals surface area contributed by atoms with E-state index < -0.39 is 28.8 Å². The number of nitrogens with zero attached hydrogens (tertiary/aromatic N) is 3. The van der Waals surface area contributed by atoms with Crippen LogP contribution in [-0.2, 0) is 25.6 Å². The lowest BCUT2D eigenvalue weighted by molar-refractivity contribution is -0.285. The van der Waals surface area contributed by atoms with E-state index in [1.807, 2.05) is 13.8 Å². The fourth-order valence-electron chi connectivity index (χ4n) is 4.33. The van der Waals surface area contributed by atoms with E-state index in [4.69, 9.17) is 20.0 Å². The summed E-state index contributed by atoms with van der Waals surface area (Å²) in [6, 6.07) is 5.80. The molecule has 0 aliphatic carbocycles. The lowest BCUT2D eigenvalue weighted by Gasteiger charge is -2.41. The molecular weight excluding hydrogens is 485 g/mol. The van der Waals surface area contributed by atoms with E-state index in [1.54, 1.807) is 42.9 Å². The summed E-state index contributed by atoms with van der Waals surface area (Å²) in [4.78, 5) is 44.9. The lowest BCUT2D eigenvalue weighted by Crippen LogP contribution is -2.56. The zero-order valence-corrected chi connectivity index (χ0v) is 22.4. The molecule has 11 heteroatoms. The van der Waals surface area contributed by atoms with Gasteiger partial charge in [0.25, 0.3) is 5.91 Å². The van der Waals surface area contributed by atoms with Gasteiger partial charge in [0.15, 0.2) is 0 Å². The molecule has 1 aliphatic heterocycles. The minimum absolute atomic E-state index is 0.259. The lowest BCUT2D eigenvalue weighted by atomic mass is 9.93. The average Bonchev–Trinajstić information content (AvgIpc) is 2.78. The van der Waals surface area contributed by atoms with Crippen LogP contribution in [0, 0.1) is 17.7 Å². The molecule has 1 aliphatic rings. The molecule has 0 saturated carbocycles. The predicted octanol–water partition coefficient (Wildman–Crippen LogP) is 4.19. The van der Waals surface area contributed by atoms with E-state index in [0.29, 0.717) is 25.7 Å². The van der Waals surface area contributed by atoms with Crippen molar-refractivity contribution < 1.29 is 38.8 Å². The number of benzene rings is 1. The van der Waals surface area contributed by atoms with Gasteiger partial charge in [0.1, 0.15) is 11.4 Å². The Balaban J connectivity index is 2.08. The zero-order valence-electron chi connectivity index (χ0n) is 22.4. The molecule has 0 bridgehead atoms. The minimum atomic E-state index is -0.981. The van der Waals surface area contributed by atoms with Crippen LogP contribution in [0.25, 0.3) is 0 Å². The van der Waals surface area contributed by atoms with Crippen LogP contribution in [0.3, 0.4) is 0 Å². The third-order valence-electron chi connectivity index (χ3n) is 5.99. The second kappa shape index (κ2) is 13.7. The Morgan fingerprint density at radius 1 is 1.14 bits per heavy atom. The van der Waals surface area contributed by atoms with Crippen LogP contribution >= 0.6 is 0 Å². The predicted molar refractivity (Wildman–Crippen MR) is 132 cm³/mol. The first kappa shape index (κ1) is 30.5. The van der Waals surface area contributed by atoms with Gasteiger partial charge in [-0.15, -0.1) is 5.06 Å². The summed E-state index contributed by atoms with van der Waals surface area (Å²) >= 11 is 0. The normalized spacial score (nSPS) is 17.4. The van der Waals surface area contributed by atoms with Crippen LogP contribution < -0.4 is 0 Å². The molecule has 208 valence electrons. The number of carbonyl (C=O) groups excluding carboxylic acids is 3. The zero-order chi connectivity index (χ0) is 27.8. The van der Waals surface area contributed by atoms with Crippen molar-refractivity contribution in [1.29, 1.82) is 0 Å². The topological polar surface area (TPSA) is 120 Å². The van der Waals surface area contributed by atoms with E-state index in [-0.39, 0.29) is 49.7 Å². The smallest absolute Gasteiger partial charge is 0.427 e. The number of rotatable bonds is 10. The highest BCUT2D eigenvalue weighted by molar-refractivity contribution is 5.85. The summed E-state index contributed by atoms with van der Waals surface area (Å²) in [7, 11) is 0. The van der Waals surface area contributed by atoms with Crippen molar-refractivity contribution in [2.24, 2.45) is 11.8 Å². The number of carbonyl (C=O) groups is 3. The number of ether oxygens (including phenoxy) is 1. The van der Waals surface area contributed by atoms with Crippen LogP contribution in [-0.4, -0.2) is 74.9 Å². The van der Waals surface area contributed by atoms with Gasteiger partial charge in [-0.3, -0.25) is 20.0 Å². The summed E-state index contributed by atoms with van der Waals surface area (Å²) < 4.78 is 18.4. The molecule has 2 rings (SSSR count). The van der Waals surface area contributed by atoms with Crippen molar-refractivity contribution in [2.75, 3.05) is 19.6 Å². The third-order valence-corrected chi connectivity index (χ3v) is 5.99. The summed E-state index contributed by atoms with van der Waals surface area (Å²) in [5.41, 5.74) is 0.193. The number of hydrogen-bond donors (Lipinski definition) is 2. The first-order valence-corrected chi connectivity index (χ1v) is 12.7. The molecule has 1 aromatic carbocycles. The van der Waals surface area contributed by atoms with E-state index in [2.05, 4.69) is 0 Å². The molecule has 2 amide bonds. The molecule has 1 fully saturated rings. The van der Waals surface area contributed by atoms with Crippen LogP contribution in [0.4, 0.5) is 9.18 Å². The molecule has 1 aromatic rings. The molecular formula is C26H40FN3O7. The van der Waals surface area contributed by atoms with Crippen molar-refractivity contribution in [3.8, 4) is 0 Å². The van der Waals surface area contributed by atoms with E-state index in [9.17, 15) is 18.8 Å². The maximum absolute atomic E-state index is 13.5. The monoisotopic (exact) mass is 525 g/mol. The van der Waals surface area contributed by atoms with E-state index >= 15 is 0 Å². The second-order valence-corrected chi connectivity index (χ2v) is 10.9. The van der Waals surface area contributed by atoms with Gasteiger partial charge in [-0.1, -0.05) is 31.2 Å². The molecule has 1 unspecified atom stereocenters. The van der Waals surface area contributed by atoms with Crippen molar-refractivity contribution >= 4 is 18.0 Å². The number of halogens is 1. The molecule has 2 N–H and O–H groups in total. The molecule has 1 heterocycles. The minimum Gasteiger partial charge on any atom is -0.427 e. The summed E-state index contributed by atoms with van der Waals surface area (Å²) in [6.07, 6.45) is 0.938. The van der Waals surface area contributed by atoms with Crippen molar-refractivity contribution in [3.05, 3.63) is 35.6 Å². The third kappa shape index (κ3) is 10.6. The number of hydrogen-bond acceptors (Lipinski definition) is 8. The van der Waals surface area contributed by atoms with Crippen LogP contribution in [0.1, 0.15) is 65.9 Å². The molecule has 0 aromatic heterocycles. The van der Waals surface area contributed by atoms with Gasteiger partial charge in [0, 0.05) is 25.4 Å². The summed E-state index contributed by atoms with van der Waals surface area (Å²) in [6.45, 7) is 10.1. The molecule has 10 nitrogen and oxygen atoms in total. The Morgan fingerprint density at radius 3 is 2.35 bits per heavy atom. The molecule has 0 spiro atoms. The van der Waals surface area contributed by atoms with Gasteiger partial charge in [-0.25, -0.2) is 9.18 Å². The van der Waals surface area contributed by atoms with E-state index in [0.717, 1.165) is 5.56 Å². The largest absolute Gasteiger partial charge is 0.528 e. The first-order valence-electron chi connectivity index (χ1n) is 12.7. The summed E-state index contributed by atoms with van der Waals surface area (Å²) in [5.74, 6) is -2.10. The Kier molecular flexibility index (Phi) is 11.3. The highest BCUT2D eigenvalue weighted by Crippen LogP contribution is 2.24. The van der Waals surface area contributed by atoms with Gasteiger partial charge >= 0.3 is 6.16 Å². The van der Waals surface area contributed by atoms with Gasteiger partial charge in [0.2, 0.25) is 5.91 Å². The summed E-state index contributed by atoms with van der Waals surface area (Å²) in [5, 5.41) is 19.3. The average molecular weight is 526 g/mol. The SMILES string of the molecule is CC(C)C[C@@H]1CN(C(=O)C(CCCc2ccc(F)cc2)CC(=O)N(O)O)CCN1OC(=O)OC(C)(C)C. The fraction of sp³-hybridized carbons (Fsp3) is 0.654. The van der Waals surface area contributed by atoms with Gasteiger partial charge < -0.3 is 14.5 Å². The Labute approximate surface area is 217 Å². The van der Waals surface area contributed by atoms with Crippen LogP contribution in [0.5, 0.6) is 0 Å². The second-order valence-electron chi connectivity index (χ2n) is 10.9. The molecule has 37 heavy (non-hydrogen) atoms. The molecule has 2 atom stereocenters. The standard InChI is InChI=1S/C26H40FN3O7/c1-18(2)15-22-17-28(13-14-29(22)37-25(33)36-26(3,4)5)24(32)20(16-23(31)30(34)35)8-6-7-19-9-11-21(27)12-10-19/h9-12,18,20,22,34-35H,6-8,13-17H2,1-5H3/t20?,22-/m1/s1. The Hall–Kier alpha value is -2.76.